The topological polar surface area (TPSA) is 92.7 Å². The van der Waals surface area contributed by atoms with E-state index < -0.39 is 0 Å². The molecular formula is C26H25N7O2S. The minimum absolute atomic E-state index is 0.0783. The molecule has 1 aromatic heterocycles. The zero-order valence-electron chi connectivity index (χ0n) is 19.6. The van der Waals surface area contributed by atoms with Gasteiger partial charge in [0.15, 0.2) is 0 Å². The summed E-state index contributed by atoms with van der Waals surface area (Å²) in [6.07, 6.45) is 3.12. The molecule has 182 valence electrons. The normalized spacial score (nSPS) is 13.9. The Kier molecular flexibility index (Phi) is 7.23. The Balaban J connectivity index is 1.27. The first kappa shape index (κ1) is 23.6. The number of thioether (sulfide) groups is 1. The van der Waals surface area contributed by atoms with E-state index in [0.717, 1.165) is 18.8 Å². The minimum Gasteiger partial charge on any atom is -0.368 e. The molecule has 0 unspecified atom stereocenters. The lowest BCUT2D eigenvalue weighted by molar-refractivity contribution is -0.384. The highest BCUT2D eigenvalue weighted by Crippen LogP contribution is 2.30. The highest BCUT2D eigenvalue weighted by atomic mass is 32.2. The molecule has 0 atom stereocenters. The van der Waals surface area contributed by atoms with Gasteiger partial charge in [-0.3, -0.25) is 10.1 Å². The highest BCUT2D eigenvalue weighted by molar-refractivity contribution is 7.98. The molecule has 2 heterocycles. The summed E-state index contributed by atoms with van der Waals surface area (Å²) in [5, 5.41) is 25.1. The third kappa shape index (κ3) is 5.55. The SMILES string of the molecule is O=[N+]([O-])c1cc(/C=N\n2cnnc2SCc2ccccc2)ccc1N1CCN(c2ccccc2)CC1. The highest BCUT2D eigenvalue weighted by Gasteiger charge is 2.24. The van der Waals surface area contributed by atoms with Crippen molar-refractivity contribution in [1.29, 1.82) is 0 Å². The van der Waals surface area contributed by atoms with Gasteiger partial charge >= 0.3 is 0 Å². The van der Waals surface area contributed by atoms with Crippen molar-refractivity contribution in [1.82, 2.24) is 14.9 Å². The van der Waals surface area contributed by atoms with Gasteiger partial charge in [-0.05, 0) is 23.8 Å². The Morgan fingerprint density at radius 2 is 1.64 bits per heavy atom. The van der Waals surface area contributed by atoms with Crippen LogP contribution in [0.3, 0.4) is 0 Å². The van der Waals surface area contributed by atoms with Gasteiger partial charge in [0.05, 0.1) is 11.1 Å². The number of nitro benzene ring substituents is 1. The lowest BCUT2D eigenvalue weighted by Crippen LogP contribution is -2.46. The quantitative estimate of drug-likeness (QED) is 0.150. The molecule has 0 saturated carbocycles. The number of anilines is 2. The molecule has 0 N–H and O–H groups in total. The molecule has 3 aromatic carbocycles. The van der Waals surface area contributed by atoms with Crippen LogP contribution in [0.4, 0.5) is 17.1 Å². The first-order valence-corrected chi connectivity index (χ1v) is 12.6. The van der Waals surface area contributed by atoms with Gasteiger partial charge in [-0.2, -0.15) is 9.78 Å². The van der Waals surface area contributed by atoms with E-state index in [1.807, 2.05) is 48.5 Å². The number of rotatable bonds is 8. The number of aromatic nitrogens is 3. The molecule has 1 saturated heterocycles. The van der Waals surface area contributed by atoms with Crippen LogP contribution in [0.15, 0.2) is 95.4 Å². The molecule has 36 heavy (non-hydrogen) atoms. The summed E-state index contributed by atoms with van der Waals surface area (Å²) in [5.41, 5.74) is 3.70. The van der Waals surface area contributed by atoms with Crippen molar-refractivity contribution < 1.29 is 4.92 Å². The van der Waals surface area contributed by atoms with E-state index in [-0.39, 0.29) is 10.6 Å². The predicted octanol–water partition coefficient (Wildman–Crippen LogP) is 4.69. The summed E-state index contributed by atoms with van der Waals surface area (Å²) in [7, 11) is 0. The van der Waals surface area contributed by atoms with Crippen molar-refractivity contribution in [3.8, 4) is 0 Å². The first-order chi connectivity index (χ1) is 17.7. The molecule has 9 nitrogen and oxygen atoms in total. The Labute approximate surface area is 213 Å². The number of hydrogen-bond donors (Lipinski definition) is 0. The molecule has 1 aliphatic heterocycles. The Morgan fingerprint density at radius 3 is 2.36 bits per heavy atom. The molecule has 0 amide bonds. The predicted molar refractivity (Wildman–Crippen MR) is 143 cm³/mol. The molecule has 10 heteroatoms. The zero-order chi connectivity index (χ0) is 24.7. The van der Waals surface area contributed by atoms with Gasteiger partial charge in [-0.1, -0.05) is 66.4 Å². The lowest BCUT2D eigenvalue weighted by Gasteiger charge is -2.37. The van der Waals surface area contributed by atoms with Crippen LogP contribution < -0.4 is 9.80 Å². The Bertz CT molecular complexity index is 1340. The number of para-hydroxylation sites is 1. The van der Waals surface area contributed by atoms with Gasteiger partial charge in [-0.15, -0.1) is 10.2 Å². The van der Waals surface area contributed by atoms with Crippen LogP contribution in [-0.2, 0) is 5.75 Å². The molecule has 4 aromatic rings. The van der Waals surface area contributed by atoms with Gasteiger partial charge < -0.3 is 9.80 Å². The Morgan fingerprint density at radius 1 is 0.944 bits per heavy atom. The summed E-state index contributed by atoms with van der Waals surface area (Å²) in [4.78, 5) is 16.0. The fourth-order valence-electron chi connectivity index (χ4n) is 4.12. The second-order valence-corrected chi connectivity index (χ2v) is 9.23. The molecular weight excluding hydrogens is 474 g/mol. The van der Waals surface area contributed by atoms with Gasteiger partial charge in [0.2, 0.25) is 5.16 Å². The standard InChI is InChI=1S/C26H25N7O2S/c34-33(35)25-17-22(18-28-32-20-27-29-26(32)36-19-21-7-3-1-4-8-21)11-12-24(25)31-15-13-30(14-16-31)23-9-5-2-6-10-23/h1-12,17-18,20H,13-16,19H2/b28-18-. The van der Waals surface area contributed by atoms with Crippen molar-refractivity contribution in [2.75, 3.05) is 36.0 Å². The van der Waals surface area contributed by atoms with Crippen molar-refractivity contribution in [3.05, 3.63) is 106 Å². The third-order valence-electron chi connectivity index (χ3n) is 5.98. The van der Waals surface area contributed by atoms with Crippen LogP contribution in [-0.4, -0.2) is 52.2 Å². The number of piperazine rings is 1. The van der Waals surface area contributed by atoms with Crippen molar-refractivity contribution in [3.63, 3.8) is 0 Å². The van der Waals surface area contributed by atoms with Crippen molar-refractivity contribution in [2.45, 2.75) is 10.9 Å². The van der Waals surface area contributed by atoms with Crippen LogP contribution in [0, 0.1) is 10.1 Å². The molecule has 5 rings (SSSR count). The maximum absolute atomic E-state index is 11.9. The third-order valence-corrected chi connectivity index (χ3v) is 6.98. The van der Waals surface area contributed by atoms with Crippen LogP contribution >= 0.6 is 11.8 Å². The van der Waals surface area contributed by atoms with Gasteiger partial charge in [0.1, 0.15) is 12.0 Å². The Hall–Kier alpha value is -4.18. The number of nitro groups is 1. The largest absolute Gasteiger partial charge is 0.368 e. The second-order valence-electron chi connectivity index (χ2n) is 8.29. The minimum atomic E-state index is -0.323. The van der Waals surface area contributed by atoms with E-state index >= 15 is 0 Å². The molecule has 0 aliphatic carbocycles. The van der Waals surface area contributed by atoms with E-state index in [1.54, 1.807) is 17.0 Å². The average Bonchev–Trinajstić information content (AvgIpc) is 3.39. The van der Waals surface area contributed by atoms with E-state index in [1.165, 1.54) is 29.3 Å². The van der Waals surface area contributed by atoms with Crippen molar-refractivity contribution in [2.24, 2.45) is 5.10 Å². The first-order valence-electron chi connectivity index (χ1n) is 11.6. The van der Waals surface area contributed by atoms with Crippen LogP contribution in [0.25, 0.3) is 0 Å². The molecule has 0 bridgehead atoms. The molecule has 0 spiro atoms. The van der Waals surface area contributed by atoms with Gasteiger partial charge in [0.25, 0.3) is 5.69 Å². The molecule has 1 fully saturated rings. The van der Waals surface area contributed by atoms with Crippen LogP contribution in [0.2, 0.25) is 0 Å². The fourth-order valence-corrected chi connectivity index (χ4v) is 4.94. The van der Waals surface area contributed by atoms with E-state index in [9.17, 15) is 10.1 Å². The van der Waals surface area contributed by atoms with Gasteiger partial charge in [-0.25, -0.2) is 0 Å². The van der Waals surface area contributed by atoms with Crippen LogP contribution in [0.1, 0.15) is 11.1 Å². The fraction of sp³-hybridized carbons (Fsp3) is 0.192. The summed E-state index contributed by atoms with van der Waals surface area (Å²) < 4.78 is 1.58. The summed E-state index contributed by atoms with van der Waals surface area (Å²) in [5.74, 6) is 0.743. The maximum atomic E-state index is 11.9. The summed E-state index contributed by atoms with van der Waals surface area (Å²) in [6, 6.07) is 25.6. The zero-order valence-corrected chi connectivity index (χ0v) is 20.4. The maximum Gasteiger partial charge on any atom is 0.293 e. The summed E-state index contributed by atoms with van der Waals surface area (Å²) >= 11 is 1.53. The number of benzene rings is 3. The molecule has 1 aliphatic rings. The van der Waals surface area contributed by atoms with E-state index in [2.05, 4.69) is 49.4 Å². The number of nitrogens with zero attached hydrogens (tertiary/aromatic N) is 7. The monoisotopic (exact) mass is 499 g/mol. The van der Waals surface area contributed by atoms with E-state index in [4.69, 9.17) is 0 Å². The average molecular weight is 500 g/mol. The smallest absolute Gasteiger partial charge is 0.293 e. The lowest BCUT2D eigenvalue weighted by atomic mass is 10.1. The van der Waals surface area contributed by atoms with Gasteiger partial charge in [0, 0.05) is 49.2 Å². The summed E-state index contributed by atoms with van der Waals surface area (Å²) in [6.45, 7) is 3.04. The van der Waals surface area contributed by atoms with Crippen LogP contribution in [0.5, 0.6) is 0 Å². The van der Waals surface area contributed by atoms with Crippen molar-refractivity contribution >= 4 is 35.0 Å². The number of hydrogen-bond acceptors (Lipinski definition) is 8. The molecule has 0 radical (unpaired) electrons. The van der Waals surface area contributed by atoms with E-state index in [0.29, 0.717) is 29.5 Å². The second kappa shape index (κ2) is 11.0.